The van der Waals surface area contributed by atoms with Crippen molar-refractivity contribution in [1.82, 2.24) is 10.2 Å². The number of nitrogens with one attached hydrogen (secondary N) is 1. The maximum atomic E-state index is 3.59. The van der Waals surface area contributed by atoms with Crippen molar-refractivity contribution in [3.63, 3.8) is 0 Å². The van der Waals surface area contributed by atoms with Crippen LogP contribution in [-0.4, -0.2) is 31.1 Å². The first kappa shape index (κ1) is 14.5. The van der Waals surface area contributed by atoms with E-state index in [-0.39, 0.29) is 0 Å². The van der Waals surface area contributed by atoms with Crippen LogP contribution in [0.1, 0.15) is 31.4 Å². The topological polar surface area (TPSA) is 15.3 Å². The van der Waals surface area contributed by atoms with Crippen molar-refractivity contribution in [3.8, 4) is 0 Å². The smallest absolute Gasteiger partial charge is 0.0233 e. The zero-order chi connectivity index (χ0) is 13.7. The third kappa shape index (κ3) is 4.96. The van der Waals surface area contributed by atoms with Gasteiger partial charge >= 0.3 is 0 Å². The first-order valence-corrected chi connectivity index (χ1v) is 7.62. The zero-order valence-corrected chi connectivity index (χ0v) is 12.7. The maximum absolute atomic E-state index is 3.59. The first-order chi connectivity index (χ1) is 9.13. The van der Waals surface area contributed by atoms with Crippen LogP contribution in [0.15, 0.2) is 24.3 Å². The first-order valence-electron chi connectivity index (χ1n) is 7.62. The molecule has 2 heteroatoms. The summed E-state index contributed by atoms with van der Waals surface area (Å²) in [6, 6.07) is 8.90. The Morgan fingerprint density at radius 2 is 2.21 bits per heavy atom. The standard InChI is InChI=1S/C17H28N2/c1-14(2)10-18-11-17-7-8-19(13-17)12-16-6-4-5-15(3)9-16/h4-6,9,14,17-18H,7-8,10-13H2,1-3H3. The second-order valence-electron chi connectivity index (χ2n) is 6.43. The molecule has 1 aliphatic heterocycles. The SMILES string of the molecule is Cc1cccc(CN2CCC(CNCC(C)C)C2)c1. The van der Waals surface area contributed by atoms with Gasteiger partial charge in [-0.2, -0.15) is 0 Å². The van der Waals surface area contributed by atoms with Crippen LogP contribution in [0.4, 0.5) is 0 Å². The van der Waals surface area contributed by atoms with Gasteiger partial charge in [0.05, 0.1) is 0 Å². The van der Waals surface area contributed by atoms with Crippen LogP contribution in [0.2, 0.25) is 0 Å². The van der Waals surface area contributed by atoms with Gasteiger partial charge in [0, 0.05) is 13.1 Å². The summed E-state index contributed by atoms with van der Waals surface area (Å²) in [4.78, 5) is 2.59. The Labute approximate surface area is 118 Å². The Kier molecular flexibility index (Phi) is 5.41. The number of aryl methyl sites for hydroxylation is 1. The van der Waals surface area contributed by atoms with Crippen LogP contribution < -0.4 is 5.32 Å². The number of likely N-dealkylation sites (tertiary alicyclic amines) is 1. The van der Waals surface area contributed by atoms with E-state index in [0.717, 1.165) is 24.9 Å². The predicted octanol–water partition coefficient (Wildman–Crippen LogP) is 3.06. The summed E-state index contributed by atoms with van der Waals surface area (Å²) in [6.07, 6.45) is 1.34. The number of rotatable bonds is 6. The summed E-state index contributed by atoms with van der Waals surface area (Å²) in [5.74, 6) is 1.59. The number of benzene rings is 1. The minimum atomic E-state index is 0.754. The lowest BCUT2D eigenvalue weighted by molar-refractivity contribution is 0.313. The van der Waals surface area contributed by atoms with Gasteiger partial charge in [-0.15, -0.1) is 0 Å². The van der Waals surface area contributed by atoms with E-state index in [1.807, 2.05) is 0 Å². The molecule has 1 N–H and O–H groups in total. The summed E-state index contributed by atoms with van der Waals surface area (Å²) >= 11 is 0. The molecule has 1 fully saturated rings. The number of nitrogens with zero attached hydrogens (tertiary/aromatic N) is 1. The largest absolute Gasteiger partial charge is 0.316 e. The molecule has 1 heterocycles. The molecule has 1 saturated heterocycles. The summed E-state index contributed by atoms with van der Waals surface area (Å²) in [5, 5.41) is 3.59. The van der Waals surface area contributed by atoms with Crippen LogP contribution >= 0.6 is 0 Å². The van der Waals surface area contributed by atoms with E-state index in [9.17, 15) is 0 Å². The van der Waals surface area contributed by atoms with Crippen molar-refractivity contribution < 1.29 is 0 Å². The normalized spacial score (nSPS) is 20.3. The molecule has 0 spiro atoms. The average molecular weight is 260 g/mol. The third-order valence-electron chi connectivity index (χ3n) is 3.84. The lowest BCUT2D eigenvalue weighted by Gasteiger charge is -2.17. The minimum Gasteiger partial charge on any atom is -0.316 e. The van der Waals surface area contributed by atoms with Crippen LogP contribution in [-0.2, 0) is 6.54 Å². The molecule has 0 radical (unpaired) electrons. The van der Waals surface area contributed by atoms with Gasteiger partial charge < -0.3 is 5.32 Å². The number of hydrogen-bond donors (Lipinski definition) is 1. The molecule has 0 amide bonds. The third-order valence-corrected chi connectivity index (χ3v) is 3.84. The Balaban J connectivity index is 1.73. The van der Waals surface area contributed by atoms with E-state index >= 15 is 0 Å². The van der Waals surface area contributed by atoms with Gasteiger partial charge in [0.25, 0.3) is 0 Å². The Morgan fingerprint density at radius 3 is 2.95 bits per heavy atom. The molecule has 0 aliphatic carbocycles. The lowest BCUT2D eigenvalue weighted by Crippen LogP contribution is -2.28. The van der Waals surface area contributed by atoms with Crippen molar-refractivity contribution >= 4 is 0 Å². The quantitative estimate of drug-likeness (QED) is 0.845. The number of hydrogen-bond acceptors (Lipinski definition) is 2. The van der Waals surface area contributed by atoms with Crippen molar-refractivity contribution in [2.24, 2.45) is 11.8 Å². The summed E-state index contributed by atoms with van der Waals surface area (Å²) in [6.45, 7) is 12.7. The van der Waals surface area contributed by atoms with Crippen LogP contribution in [0.5, 0.6) is 0 Å². The molecule has 1 aromatic carbocycles. The van der Waals surface area contributed by atoms with Crippen LogP contribution in [0.25, 0.3) is 0 Å². The second-order valence-corrected chi connectivity index (χ2v) is 6.43. The van der Waals surface area contributed by atoms with E-state index in [4.69, 9.17) is 0 Å². The molecule has 19 heavy (non-hydrogen) atoms. The Hall–Kier alpha value is -0.860. The highest BCUT2D eigenvalue weighted by Gasteiger charge is 2.21. The highest BCUT2D eigenvalue weighted by Crippen LogP contribution is 2.18. The van der Waals surface area contributed by atoms with Gasteiger partial charge in [0.1, 0.15) is 0 Å². The van der Waals surface area contributed by atoms with E-state index in [1.54, 1.807) is 0 Å². The Bertz CT molecular complexity index is 387. The fourth-order valence-electron chi connectivity index (χ4n) is 2.87. The van der Waals surface area contributed by atoms with Crippen LogP contribution in [0, 0.1) is 18.8 Å². The molecular formula is C17H28N2. The molecule has 2 rings (SSSR count). The van der Waals surface area contributed by atoms with Crippen molar-refractivity contribution in [2.75, 3.05) is 26.2 Å². The highest BCUT2D eigenvalue weighted by atomic mass is 15.1. The summed E-state index contributed by atoms with van der Waals surface area (Å²) in [7, 11) is 0. The monoisotopic (exact) mass is 260 g/mol. The molecule has 2 nitrogen and oxygen atoms in total. The molecule has 1 aliphatic rings. The fraction of sp³-hybridized carbons (Fsp3) is 0.647. The van der Waals surface area contributed by atoms with Gasteiger partial charge in [-0.25, -0.2) is 0 Å². The minimum absolute atomic E-state index is 0.754. The van der Waals surface area contributed by atoms with Gasteiger partial charge in [0.15, 0.2) is 0 Å². The molecule has 1 aromatic rings. The van der Waals surface area contributed by atoms with E-state index in [0.29, 0.717) is 0 Å². The fourth-order valence-corrected chi connectivity index (χ4v) is 2.87. The molecule has 0 aromatic heterocycles. The van der Waals surface area contributed by atoms with Crippen molar-refractivity contribution in [2.45, 2.75) is 33.7 Å². The van der Waals surface area contributed by atoms with Crippen molar-refractivity contribution in [3.05, 3.63) is 35.4 Å². The molecular weight excluding hydrogens is 232 g/mol. The molecule has 106 valence electrons. The highest BCUT2D eigenvalue weighted by molar-refractivity contribution is 5.22. The van der Waals surface area contributed by atoms with Gasteiger partial charge in [-0.1, -0.05) is 43.7 Å². The van der Waals surface area contributed by atoms with Crippen molar-refractivity contribution in [1.29, 1.82) is 0 Å². The van der Waals surface area contributed by atoms with E-state index < -0.39 is 0 Å². The van der Waals surface area contributed by atoms with E-state index in [2.05, 4.69) is 55.3 Å². The summed E-state index contributed by atoms with van der Waals surface area (Å²) < 4.78 is 0. The van der Waals surface area contributed by atoms with Gasteiger partial charge in [-0.3, -0.25) is 4.90 Å². The second kappa shape index (κ2) is 7.06. The molecule has 0 bridgehead atoms. The predicted molar refractivity (Wildman–Crippen MR) is 82.3 cm³/mol. The molecule has 1 unspecified atom stereocenters. The summed E-state index contributed by atoms with van der Waals surface area (Å²) in [5.41, 5.74) is 2.82. The Morgan fingerprint density at radius 1 is 1.37 bits per heavy atom. The lowest BCUT2D eigenvalue weighted by atomic mass is 10.1. The van der Waals surface area contributed by atoms with E-state index in [1.165, 1.54) is 37.2 Å². The molecule has 0 saturated carbocycles. The van der Waals surface area contributed by atoms with Crippen LogP contribution in [0.3, 0.4) is 0 Å². The maximum Gasteiger partial charge on any atom is 0.0233 e. The van der Waals surface area contributed by atoms with Gasteiger partial charge in [-0.05, 0) is 50.4 Å². The zero-order valence-electron chi connectivity index (χ0n) is 12.7. The van der Waals surface area contributed by atoms with Gasteiger partial charge in [0.2, 0.25) is 0 Å². The molecule has 1 atom stereocenters. The average Bonchev–Trinajstić information content (AvgIpc) is 2.76.